The predicted octanol–water partition coefficient (Wildman–Crippen LogP) is 20.1. The van der Waals surface area contributed by atoms with Crippen LogP contribution in [0.3, 0.4) is 0 Å². The molecule has 0 saturated heterocycles. The lowest BCUT2D eigenvalue weighted by molar-refractivity contribution is -0.462. The largest absolute Gasteiger partial charge is 0.460 e. The maximum atomic E-state index is 17.0. The van der Waals surface area contributed by atoms with Gasteiger partial charge in [0.05, 0.1) is 0 Å². The van der Waals surface area contributed by atoms with Crippen molar-refractivity contribution in [3.8, 4) is 11.1 Å². The minimum absolute atomic E-state index is 0.0450. The molecule has 0 N–H and O–H groups in total. The van der Waals surface area contributed by atoms with Crippen LogP contribution >= 0.6 is 15.8 Å². The molecule has 0 fully saturated rings. The molecule has 0 heterocycles. The van der Waals surface area contributed by atoms with Gasteiger partial charge in [0, 0.05) is 11.1 Å². The molecule has 518 valence electrons. The van der Waals surface area contributed by atoms with E-state index in [4.69, 9.17) is 0 Å². The SMILES string of the molecule is FC(F)(F)C(F)(F)C(F)(F)C(F)(F)C(F)(F)C(F)(F)C(F)(F)C(F)(F)c1cccc2c(-c3c(P(c4ccccc4)c4ccccc4)ccc4c(C(F)(F)C(F)(F)C(F)(F)C(F)(F)C(F)(F)C(F)(F)C(F)(F)C(F)(F)F)cccc34)c(P(c3ccccc3)c3ccccc3)ccc12. The van der Waals surface area contributed by atoms with Crippen molar-refractivity contribution >= 4 is 69.2 Å². The highest BCUT2D eigenvalue weighted by Gasteiger charge is 2.97. The smallest absolute Gasteiger partial charge is 0.194 e. The summed E-state index contributed by atoms with van der Waals surface area (Å²) in [5.74, 6) is -121. The van der Waals surface area contributed by atoms with Gasteiger partial charge in [0.1, 0.15) is 0 Å². The number of rotatable bonds is 21. The van der Waals surface area contributed by atoms with Crippen LogP contribution in [-0.4, -0.2) is 83.4 Å². The quantitative estimate of drug-likeness (QED) is 0.0497. The number of hydrogen-bond donors (Lipinski definition) is 0. The first-order valence-corrected chi connectivity index (χ1v) is 28.7. The first-order valence-electron chi connectivity index (χ1n) is 26.0. The summed E-state index contributed by atoms with van der Waals surface area (Å²) in [7, 11) is -5.32. The predicted molar refractivity (Wildman–Crippen MR) is 284 cm³/mol. The second-order valence-corrected chi connectivity index (χ2v) is 25.1. The average Bonchev–Trinajstić information content (AvgIpc) is 0.698. The number of benzene rings is 8. The van der Waals surface area contributed by atoms with Crippen LogP contribution in [-0.2, 0) is 11.8 Å². The molecule has 0 saturated carbocycles. The van der Waals surface area contributed by atoms with Gasteiger partial charge in [0.25, 0.3) is 0 Å². The molecule has 0 aromatic heterocycles. The molecule has 0 amide bonds. The fraction of sp³-hybridized carbons (Fsp3) is 0.267. The molecule has 8 aromatic carbocycles. The van der Waals surface area contributed by atoms with E-state index in [2.05, 4.69) is 0 Å². The minimum atomic E-state index is -9.11. The standard InChI is InChI=1S/C60H30F34P2/c61-45(62,47(65,66)49(69,70)51(73,74)53(77,78)55(81,82)57(85,86)59(89,90)91)39-25-13-23-37-35(39)27-29-41(95(31-15-5-1-6-16-31)32-17-7-2-8-18-32)43(37)44-38-24-14-26-40(36(38)28-30-42(44)96(33-19-9-3-10-20-33)34-21-11-4-12-22-34)46(63,64)48(67,68)50(71,72)52(75,76)54(79,80)56(83,84)58(87,88)60(92,93)94/h1-30H. The Morgan fingerprint density at radius 1 is 0.177 bits per heavy atom. The van der Waals surface area contributed by atoms with E-state index in [0.29, 0.717) is 24.3 Å². The summed E-state index contributed by atoms with van der Waals surface area (Å²) in [6.07, 6.45) is -16.2. The van der Waals surface area contributed by atoms with Crippen molar-refractivity contribution in [1.82, 2.24) is 0 Å². The summed E-state index contributed by atoms with van der Waals surface area (Å²) in [6.45, 7) is 0. The molecule has 36 heteroatoms. The van der Waals surface area contributed by atoms with Gasteiger partial charge in [0.2, 0.25) is 0 Å². The van der Waals surface area contributed by atoms with E-state index in [9.17, 15) is 79.0 Å². The molecule has 8 rings (SSSR count). The van der Waals surface area contributed by atoms with Crippen LogP contribution in [0, 0.1) is 0 Å². The maximum Gasteiger partial charge on any atom is 0.460 e. The highest BCUT2D eigenvalue weighted by atomic mass is 31.1. The van der Waals surface area contributed by atoms with E-state index in [-0.39, 0.29) is 45.5 Å². The van der Waals surface area contributed by atoms with Crippen LogP contribution < -0.4 is 31.8 Å². The van der Waals surface area contributed by atoms with E-state index in [0.717, 1.165) is 0 Å². The lowest BCUT2D eigenvalue weighted by atomic mass is 9.84. The van der Waals surface area contributed by atoms with Crippen molar-refractivity contribution in [3.05, 3.63) is 193 Å². The molecule has 0 bridgehead atoms. The van der Waals surface area contributed by atoms with Crippen molar-refractivity contribution in [2.75, 3.05) is 0 Å². The fourth-order valence-corrected chi connectivity index (χ4v) is 14.9. The van der Waals surface area contributed by atoms with Crippen molar-refractivity contribution in [1.29, 1.82) is 0 Å². The molecular weight excluding hydrogens is 1430 g/mol. The Hall–Kier alpha value is -7.24. The Kier molecular flexibility index (Phi) is 18.4. The first-order chi connectivity index (χ1) is 43.6. The van der Waals surface area contributed by atoms with Gasteiger partial charge in [-0.25, -0.2) is 0 Å². The fourth-order valence-electron chi connectivity index (χ4n) is 9.97. The third-order valence-electron chi connectivity index (χ3n) is 15.0. The van der Waals surface area contributed by atoms with E-state index in [1.807, 2.05) is 0 Å². The molecule has 96 heavy (non-hydrogen) atoms. The van der Waals surface area contributed by atoms with Crippen molar-refractivity contribution in [2.24, 2.45) is 0 Å². The van der Waals surface area contributed by atoms with Gasteiger partial charge in [-0.05, 0) is 80.3 Å². The first kappa shape index (κ1) is 74.5. The summed E-state index contributed by atoms with van der Waals surface area (Å²) in [5.41, 5.74) is -7.73. The Labute approximate surface area is 517 Å². The van der Waals surface area contributed by atoms with Gasteiger partial charge in [-0.1, -0.05) is 182 Å². The van der Waals surface area contributed by atoms with Gasteiger partial charge < -0.3 is 0 Å². The molecule has 0 unspecified atom stereocenters. The van der Waals surface area contributed by atoms with Crippen LogP contribution in [0.2, 0.25) is 0 Å². The van der Waals surface area contributed by atoms with Crippen LogP contribution in [0.25, 0.3) is 32.7 Å². The van der Waals surface area contributed by atoms with E-state index >= 15 is 70.2 Å². The number of fused-ring (bicyclic) bond motifs is 2. The molecule has 0 aliphatic carbocycles. The van der Waals surface area contributed by atoms with E-state index < -0.39 is 178 Å². The summed E-state index contributed by atoms with van der Waals surface area (Å²) in [6, 6.07) is 28.1. The third kappa shape index (κ3) is 10.7. The van der Waals surface area contributed by atoms with Gasteiger partial charge >= 0.3 is 95.3 Å². The second kappa shape index (κ2) is 23.8. The molecule has 8 aromatic rings. The lowest BCUT2D eigenvalue weighted by Crippen LogP contribution is -2.74. The van der Waals surface area contributed by atoms with Crippen LogP contribution in [0.15, 0.2) is 182 Å². The van der Waals surface area contributed by atoms with Gasteiger partial charge in [-0.2, -0.15) is 149 Å². The average molecular weight is 1460 g/mol. The highest BCUT2D eigenvalue weighted by Crippen LogP contribution is 2.68. The molecular formula is C60H30F34P2. The van der Waals surface area contributed by atoms with Crippen molar-refractivity contribution < 1.29 is 149 Å². The molecule has 0 radical (unpaired) electrons. The summed E-state index contributed by atoms with van der Waals surface area (Å²) in [5, 5.41) is -6.95. The molecule has 0 aliphatic rings. The molecule has 0 aliphatic heterocycles. The maximum absolute atomic E-state index is 17.0. The lowest BCUT2D eigenvalue weighted by Gasteiger charge is -2.43. The Morgan fingerprint density at radius 3 is 0.604 bits per heavy atom. The molecule has 0 spiro atoms. The zero-order valence-electron chi connectivity index (χ0n) is 46.1. The minimum Gasteiger partial charge on any atom is -0.194 e. The van der Waals surface area contributed by atoms with Gasteiger partial charge in [-0.3, -0.25) is 0 Å². The number of hydrogen-bond acceptors (Lipinski definition) is 0. The molecule has 0 atom stereocenters. The van der Waals surface area contributed by atoms with E-state index in [1.165, 1.54) is 121 Å². The second-order valence-electron chi connectivity index (χ2n) is 20.8. The summed E-state index contributed by atoms with van der Waals surface area (Å²) < 4.78 is 506. The van der Waals surface area contributed by atoms with Crippen molar-refractivity contribution in [3.63, 3.8) is 0 Å². The van der Waals surface area contributed by atoms with Gasteiger partial charge in [0.15, 0.2) is 0 Å². The summed E-state index contributed by atoms with van der Waals surface area (Å²) >= 11 is 0. The summed E-state index contributed by atoms with van der Waals surface area (Å²) in [4.78, 5) is 0. The van der Waals surface area contributed by atoms with E-state index in [1.54, 1.807) is 0 Å². The number of halogens is 34. The number of alkyl halides is 34. The zero-order valence-corrected chi connectivity index (χ0v) is 47.9. The third-order valence-corrected chi connectivity index (χ3v) is 20.0. The highest BCUT2D eigenvalue weighted by molar-refractivity contribution is 7.80. The monoisotopic (exact) mass is 1460 g/mol. The Morgan fingerprint density at radius 2 is 0.385 bits per heavy atom. The van der Waals surface area contributed by atoms with Crippen LogP contribution in [0.4, 0.5) is 149 Å². The van der Waals surface area contributed by atoms with Crippen LogP contribution in [0.1, 0.15) is 11.1 Å². The Balaban J connectivity index is 1.54. The Bertz CT molecular complexity index is 3790. The normalized spacial score (nSPS) is 14.8. The van der Waals surface area contributed by atoms with Gasteiger partial charge in [-0.15, -0.1) is 0 Å². The topological polar surface area (TPSA) is 0 Å². The zero-order chi connectivity index (χ0) is 72.5. The van der Waals surface area contributed by atoms with Crippen LogP contribution in [0.5, 0.6) is 0 Å². The molecule has 0 nitrogen and oxygen atoms in total. The van der Waals surface area contributed by atoms with Crippen molar-refractivity contribution in [2.45, 2.75) is 95.3 Å².